The number of halogens is 1. The van der Waals surface area contributed by atoms with Crippen molar-refractivity contribution in [1.29, 1.82) is 0 Å². The lowest BCUT2D eigenvalue weighted by Gasteiger charge is -2.07. The van der Waals surface area contributed by atoms with Crippen molar-refractivity contribution in [3.05, 3.63) is 95.3 Å². The van der Waals surface area contributed by atoms with Gasteiger partial charge in [0.05, 0.1) is 18.9 Å². The van der Waals surface area contributed by atoms with Crippen molar-refractivity contribution in [3.63, 3.8) is 0 Å². The predicted octanol–water partition coefficient (Wildman–Crippen LogP) is 3.85. The minimum atomic E-state index is -0.619. The quantitative estimate of drug-likeness (QED) is 0.495. The number of hydrogen-bond acceptors (Lipinski definition) is 4. The van der Waals surface area contributed by atoms with Crippen molar-refractivity contribution in [1.82, 2.24) is 5.43 Å². The van der Waals surface area contributed by atoms with E-state index in [2.05, 4.69) is 15.8 Å². The van der Waals surface area contributed by atoms with Crippen LogP contribution in [0, 0.1) is 5.82 Å². The van der Waals surface area contributed by atoms with E-state index in [4.69, 9.17) is 4.74 Å². The minimum Gasteiger partial charge on any atom is -0.497 e. The fourth-order valence-electron chi connectivity index (χ4n) is 2.50. The van der Waals surface area contributed by atoms with Crippen molar-refractivity contribution in [3.8, 4) is 5.75 Å². The SMILES string of the molecule is COc1ccc(/C=N/NC(=O)c2cccc(NC(=O)c3ccccc3F)c2)cc1. The van der Waals surface area contributed by atoms with Crippen LogP contribution in [0.25, 0.3) is 0 Å². The molecular weight excluding hydrogens is 373 g/mol. The Kier molecular flexibility index (Phi) is 6.32. The largest absolute Gasteiger partial charge is 0.497 e. The van der Waals surface area contributed by atoms with Gasteiger partial charge in [0.1, 0.15) is 11.6 Å². The van der Waals surface area contributed by atoms with Gasteiger partial charge in [-0.2, -0.15) is 5.10 Å². The number of nitrogens with zero attached hydrogens (tertiary/aromatic N) is 1. The van der Waals surface area contributed by atoms with E-state index in [1.165, 1.54) is 30.5 Å². The van der Waals surface area contributed by atoms with Gasteiger partial charge in [-0.15, -0.1) is 0 Å². The second-order valence-electron chi connectivity index (χ2n) is 5.99. The summed E-state index contributed by atoms with van der Waals surface area (Å²) >= 11 is 0. The van der Waals surface area contributed by atoms with Gasteiger partial charge in [-0.05, 0) is 60.2 Å². The van der Waals surface area contributed by atoms with E-state index in [-0.39, 0.29) is 5.56 Å². The number of nitrogens with one attached hydrogen (secondary N) is 2. The Balaban J connectivity index is 1.63. The maximum Gasteiger partial charge on any atom is 0.271 e. The van der Waals surface area contributed by atoms with Gasteiger partial charge in [-0.1, -0.05) is 18.2 Å². The van der Waals surface area contributed by atoms with Crippen LogP contribution in [0.15, 0.2) is 77.9 Å². The van der Waals surface area contributed by atoms with Gasteiger partial charge in [0, 0.05) is 11.3 Å². The van der Waals surface area contributed by atoms with Crippen LogP contribution in [0.4, 0.5) is 10.1 Å². The summed E-state index contributed by atoms with van der Waals surface area (Å²) in [4.78, 5) is 24.5. The lowest BCUT2D eigenvalue weighted by molar-refractivity contribution is 0.0953. The first-order valence-corrected chi connectivity index (χ1v) is 8.70. The number of carbonyl (C=O) groups is 2. The molecule has 0 fully saturated rings. The summed E-state index contributed by atoms with van der Waals surface area (Å²) < 4.78 is 18.8. The van der Waals surface area contributed by atoms with Crippen molar-refractivity contribution in [2.24, 2.45) is 5.10 Å². The molecule has 0 heterocycles. The van der Waals surface area contributed by atoms with E-state index < -0.39 is 17.6 Å². The molecule has 3 aromatic rings. The Morgan fingerprint density at radius 1 is 0.966 bits per heavy atom. The zero-order valence-corrected chi connectivity index (χ0v) is 15.6. The fraction of sp³-hybridized carbons (Fsp3) is 0.0455. The third kappa shape index (κ3) is 5.26. The topological polar surface area (TPSA) is 79.8 Å². The van der Waals surface area contributed by atoms with E-state index in [0.717, 1.165) is 11.3 Å². The van der Waals surface area contributed by atoms with Crippen molar-refractivity contribution >= 4 is 23.7 Å². The molecule has 3 aromatic carbocycles. The van der Waals surface area contributed by atoms with Crippen LogP contribution in [0.1, 0.15) is 26.3 Å². The highest BCUT2D eigenvalue weighted by molar-refractivity contribution is 6.05. The highest BCUT2D eigenvalue weighted by Gasteiger charge is 2.12. The molecule has 0 atom stereocenters. The summed E-state index contributed by atoms with van der Waals surface area (Å²) in [6.45, 7) is 0. The molecule has 0 bridgehead atoms. The number of rotatable bonds is 6. The Bertz CT molecular complexity index is 1050. The molecule has 0 unspecified atom stereocenters. The molecule has 0 aliphatic heterocycles. The second kappa shape index (κ2) is 9.27. The molecule has 6 nitrogen and oxygen atoms in total. The third-order valence-electron chi connectivity index (χ3n) is 4.00. The van der Waals surface area contributed by atoms with Gasteiger partial charge in [-0.3, -0.25) is 9.59 Å². The zero-order chi connectivity index (χ0) is 20.6. The average molecular weight is 391 g/mol. The monoisotopic (exact) mass is 391 g/mol. The van der Waals surface area contributed by atoms with E-state index in [0.29, 0.717) is 11.3 Å². The average Bonchev–Trinajstić information content (AvgIpc) is 2.74. The van der Waals surface area contributed by atoms with Gasteiger partial charge in [0.2, 0.25) is 0 Å². The van der Waals surface area contributed by atoms with Gasteiger partial charge in [0.15, 0.2) is 0 Å². The summed E-state index contributed by atoms with van der Waals surface area (Å²) in [5.74, 6) is -0.942. The number of benzene rings is 3. The lowest BCUT2D eigenvalue weighted by atomic mass is 10.1. The van der Waals surface area contributed by atoms with E-state index in [1.54, 1.807) is 55.6 Å². The number of anilines is 1. The number of ether oxygens (including phenoxy) is 1. The van der Waals surface area contributed by atoms with Crippen LogP contribution >= 0.6 is 0 Å². The first kappa shape index (κ1) is 19.8. The van der Waals surface area contributed by atoms with Crippen LogP contribution in [0.5, 0.6) is 5.75 Å². The highest BCUT2D eigenvalue weighted by Crippen LogP contribution is 2.14. The van der Waals surface area contributed by atoms with Crippen LogP contribution in [-0.2, 0) is 0 Å². The summed E-state index contributed by atoms with van der Waals surface area (Å²) in [5, 5.41) is 6.50. The van der Waals surface area contributed by atoms with E-state index >= 15 is 0 Å². The summed E-state index contributed by atoms with van der Waals surface area (Å²) in [6.07, 6.45) is 1.50. The molecule has 29 heavy (non-hydrogen) atoms. The third-order valence-corrected chi connectivity index (χ3v) is 4.00. The van der Waals surface area contributed by atoms with Crippen LogP contribution in [0.3, 0.4) is 0 Å². The number of methoxy groups -OCH3 is 1. The molecule has 0 saturated carbocycles. The van der Waals surface area contributed by atoms with Crippen LogP contribution in [-0.4, -0.2) is 25.1 Å². The van der Waals surface area contributed by atoms with Crippen molar-refractivity contribution < 1.29 is 18.7 Å². The molecule has 0 aliphatic rings. The first-order chi connectivity index (χ1) is 14.1. The molecule has 2 amide bonds. The Morgan fingerprint density at radius 2 is 1.72 bits per heavy atom. The van der Waals surface area contributed by atoms with Crippen LogP contribution < -0.4 is 15.5 Å². The minimum absolute atomic E-state index is 0.0774. The molecule has 0 spiro atoms. The number of hydrazone groups is 1. The molecule has 0 aliphatic carbocycles. The first-order valence-electron chi connectivity index (χ1n) is 8.70. The maximum atomic E-state index is 13.7. The highest BCUT2D eigenvalue weighted by atomic mass is 19.1. The maximum absolute atomic E-state index is 13.7. The van der Waals surface area contributed by atoms with Crippen molar-refractivity contribution in [2.45, 2.75) is 0 Å². The van der Waals surface area contributed by atoms with Gasteiger partial charge in [-0.25, -0.2) is 9.82 Å². The molecule has 0 radical (unpaired) electrons. The van der Waals surface area contributed by atoms with E-state index in [9.17, 15) is 14.0 Å². The Labute approximate surface area is 167 Å². The van der Waals surface area contributed by atoms with E-state index in [1.807, 2.05) is 0 Å². The molecule has 0 aromatic heterocycles. The number of carbonyl (C=O) groups excluding carboxylic acids is 2. The normalized spacial score (nSPS) is 10.6. The lowest BCUT2D eigenvalue weighted by Crippen LogP contribution is -2.18. The zero-order valence-electron chi connectivity index (χ0n) is 15.6. The molecule has 3 rings (SSSR count). The summed E-state index contributed by atoms with van der Waals surface area (Å²) in [7, 11) is 1.58. The number of hydrogen-bond donors (Lipinski definition) is 2. The fourth-order valence-corrected chi connectivity index (χ4v) is 2.50. The predicted molar refractivity (Wildman–Crippen MR) is 109 cm³/mol. The molecule has 146 valence electrons. The number of amides is 2. The van der Waals surface area contributed by atoms with Crippen LogP contribution in [0.2, 0.25) is 0 Å². The molecular formula is C22H18FN3O3. The molecule has 7 heteroatoms. The molecule has 2 N–H and O–H groups in total. The van der Waals surface area contributed by atoms with Gasteiger partial charge < -0.3 is 10.1 Å². The Hall–Kier alpha value is -4.00. The Morgan fingerprint density at radius 3 is 2.45 bits per heavy atom. The van der Waals surface area contributed by atoms with Gasteiger partial charge in [0.25, 0.3) is 11.8 Å². The second-order valence-corrected chi connectivity index (χ2v) is 5.99. The standard InChI is InChI=1S/C22H18FN3O3/c1-29-18-11-9-15(10-12-18)14-24-26-21(27)16-5-4-6-17(13-16)25-22(28)19-7-2-3-8-20(19)23/h2-14H,1H3,(H,25,28)(H,26,27)/b24-14+. The molecule has 0 saturated heterocycles. The smallest absolute Gasteiger partial charge is 0.271 e. The summed E-state index contributed by atoms with van der Waals surface area (Å²) in [5.41, 5.74) is 3.80. The van der Waals surface area contributed by atoms with Gasteiger partial charge >= 0.3 is 0 Å². The van der Waals surface area contributed by atoms with Crippen molar-refractivity contribution in [2.75, 3.05) is 12.4 Å². The summed E-state index contributed by atoms with van der Waals surface area (Å²) in [6, 6.07) is 19.1.